The second-order valence-electron chi connectivity index (χ2n) is 2.86. The maximum atomic E-state index is 9.35. The van der Waals surface area contributed by atoms with Gasteiger partial charge in [0.1, 0.15) is 12.7 Å². The number of aliphatic hydroxyl groups is 1. The smallest absolute Gasteiger partial charge is 0.171 e. The minimum Gasteiger partial charge on any atom is -0.488 e. The summed E-state index contributed by atoms with van der Waals surface area (Å²) in [6, 6.07) is 1.69. The minimum atomic E-state index is -0.676. The first kappa shape index (κ1) is 12.7. The van der Waals surface area contributed by atoms with Gasteiger partial charge in [0.25, 0.3) is 0 Å². The highest BCUT2D eigenvalue weighted by Crippen LogP contribution is 2.25. The minimum absolute atomic E-state index is 0.117. The van der Waals surface area contributed by atoms with E-state index in [0.29, 0.717) is 5.75 Å². The van der Waals surface area contributed by atoms with Crippen molar-refractivity contribution in [3.8, 4) is 5.75 Å². The number of nitrogens with zero attached hydrogens (tertiary/aromatic N) is 1. The Kier molecular flexibility index (Phi) is 5.31. The lowest BCUT2D eigenvalue weighted by Gasteiger charge is -2.11. The van der Waals surface area contributed by atoms with Crippen LogP contribution in [-0.2, 0) is 4.74 Å². The average molecular weight is 297 g/mol. The Morgan fingerprint density at radius 1 is 1.60 bits per heavy atom. The highest BCUT2D eigenvalue weighted by atomic mass is 79.9. The normalized spacial score (nSPS) is 12.5. The molecule has 0 aliphatic carbocycles. The highest BCUT2D eigenvalue weighted by Gasteiger charge is 2.08. The van der Waals surface area contributed by atoms with Gasteiger partial charge < -0.3 is 14.6 Å². The molecular weight excluding hydrogens is 285 g/mol. The molecule has 0 bridgehead atoms. The van der Waals surface area contributed by atoms with E-state index < -0.39 is 6.10 Å². The lowest BCUT2D eigenvalue weighted by atomic mass is 10.4. The molecular formula is C9H11BrClNO3. The average Bonchev–Trinajstić information content (AvgIpc) is 2.20. The van der Waals surface area contributed by atoms with Crippen molar-refractivity contribution in [1.82, 2.24) is 4.98 Å². The lowest BCUT2D eigenvalue weighted by molar-refractivity contribution is 0.0325. The molecule has 0 saturated heterocycles. The summed E-state index contributed by atoms with van der Waals surface area (Å²) in [5.74, 6) is 0.432. The molecule has 1 heterocycles. The number of hydrogen-bond acceptors (Lipinski definition) is 4. The van der Waals surface area contributed by atoms with Crippen LogP contribution in [0.2, 0.25) is 5.15 Å². The molecule has 1 aromatic rings. The summed E-state index contributed by atoms with van der Waals surface area (Å²) in [7, 11) is 1.51. The van der Waals surface area contributed by atoms with Gasteiger partial charge in [0.2, 0.25) is 0 Å². The molecule has 1 aromatic heterocycles. The van der Waals surface area contributed by atoms with Gasteiger partial charge in [0.15, 0.2) is 10.9 Å². The summed E-state index contributed by atoms with van der Waals surface area (Å²) in [6.45, 7) is 0.338. The third kappa shape index (κ3) is 4.34. The van der Waals surface area contributed by atoms with Crippen LogP contribution in [0, 0.1) is 0 Å². The van der Waals surface area contributed by atoms with Crippen molar-refractivity contribution >= 4 is 27.5 Å². The number of ether oxygens (including phenoxy) is 2. The summed E-state index contributed by atoms with van der Waals surface area (Å²) in [5.41, 5.74) is 0. The van der Waals surface area contributed by atoms with Crippen LogP contribution in [0.15, 0.2) is 16.7 Å². The molecule has 0 fully saturated rings. The largest absolute Gasteiger partial charge is 0.488 e. The Hall–Kier alpha value is -0.360. The lowest BCUT2D eigenvalue weighted by Crippen LogP contribution is -2.22. The fourth-order valence-electron chi connectivity index (χ4n) is 0.932. The number of halogens is 2. The Bertz CT molecular complexity index is 324. The molecule has 1 N–H and O–H groups in total. The van der Waals surface area contributed by atoms with Gasteiger partial charge in [-0.3, -0.25) is 0 Å². The van der Waals surface area contributed by atoms with Crippen LogP contribution in [0.25, 0.3) is 0 Å². The van der Waals surface area contributed by atoms with Crippen molar-refractivity contribution < 1.29 is 14.6 Å². The van der Waals surface area contributed by atoms with Crippen LogP contribution in [-0.4, -0.2) is 36.5 Å². The zero-order valence-electron chi connectivity index (χ0n) is 8.11. The number of hydrogen-bond donors (Lipinski definition) is 1. The van der Waals surface area contributed by atoms with Gasteiger partial charge in [-0.1, -0.05) is 11.6 Å². The van der Waals surface area contributed by atoms with E-state index >= 15 is 0 Å². The Morgan fingerprint density at radius 2 is 2.33 bits per heavy atom. The summed E-state index contributed by atoms with van der Waals surface area (Å²) in [4.78, 5) is 3.88. The molecule has 1 atom stereocenters. The van der Waals surface area contributed by atoms with Gasteiger partial charge in [-0.25, -0.2) is 4.98 Å². The van der Waals surface area contributed by atoms with E-state index in [1.54, 1.807) is 12.3 Å². The standard InChI is InChI=1S/C9H11BrClNO3/c1-14-4-7(13)5-15-8-2-6(10)3-12-9(8)11/h2-3,7,13H,4-5H2,1H3. The second-order valence-corrected chi connectivity index (χ2v) is 4.14. The molecule has 0 radical (unpaired) electrons. The number of aliphatic hydroxyl groups excluding tert-OH is 1. The molecule has 0 aliphatic rings. The summed E-state index contributed by atoms with van der Waals surface area (Å²) in [5, 5.41) is 9.61. The van der Waals surface area contributed by atoms with E-state index in [4.69, 9.17) is 21.1 Å². The number of pyridine rings is 1. The summed E-state index contributed by atoms with van der Waals surface area (Å²) >= 11 is 9.03. The third-order valence-electron chi connectivity index (χ3n) is 1.56. The van der Waals surface area contributed by atoms with Crippen molar-refractivity contribution in [2.45, 2.75) is 6.10 Å². The van der Waals surface area contributed by atoms with Gasteiger partial charge in [-0.2, -0.15) is 0 Å². The van der Waals surface area contributed by atoms with Crippen LogP contribution in [0.1, 0.15) is 0 Å². The molecule has 0 saturated carbocycles. The molecule has 15 heavy (non-hydrogen) atoms. The molecule has 4 nitrogen and oxygen atoms in total. The van der Waals surface area contributed by atoms with E-state index in [-0.39, 0.29) is 18.4 Å². The molecule has 1 unspecified atom stereocenters. The van der Waals surface area contributed by atoms with Crippen molar-refractivity contribution in [3.63, 3.8) is 0 Å². The first-order chi connectivity index (χ1) is 7.13. The fraction of sp³-hybridized carbons (Fsp3) is 0.444. The van der Waals surface area contributed by atoms with Gasteiger partial charge in [0.05, 0.1) is 6.61 Å². The molecule has 1 rings (SSSR count). The Morgan fingerprint density at radius 3 is 3.00 bits per heavy atom. The SMILES string of the molecule is COCC(O)COc1cc(Br)cnc1Cl. The Balaban J connectivity index is 2.53. The topological polar surface area (TPSA) is 51.6 Å². The zero-order chi connectivity index (χ0) is 11.3. The van der Waals surface area contributed by atoms with Gasteiger partial charge in [-0.15, -0.1) is 0 Å². The molecule has 0 aliphatic heterocycles. The van der Waals surface area contributed by atoms with E-state index in [0.717, 1.165) is 4.47 Å². The van der Waals surface area contributed by atoms with Gasteiger partial charge in [-0.05, 0) is 22.0 Å². The zero-order valence-corrected chi connectivity index (χ0v) is 10.5. The Labute approximate surface area is 101 Å². The molecule has 0 spiro atoms. The quantitative estimate of drug-likeness (QED) is 0.843. The highest BCUT2D eigenvalue weighted by molar-refractivity contribution is 9.10. The predicted octanol–water partition coefficient (Wildman–Crippen LogP) is 1.88. The second kappa shape index (κ2) is 6.27. The van der Waals surface area contributed by atoms with Crippen molar-refractivity contribution in [2.24, 2.45) is 0 Å². The van der Waals surface area contributed by atoms with Crippen molar-refractivity contribution in [3.05, 3.63) is 21.9 Å². The third-order valence-corrected chi connectivity index (χ3v) is 2.28. The van der Waals surface area contributed by atoms with E-state index in [2.05, 4.69) is 20.9 Å². The molecule has 0 aromatic carbocycles. The van der Waals surface area contributed by atoms with Gasteiger partial charge in [0, 0.05) is 17.8 Å². The van der Waals surface area contributed by atoms with Gasteiger partial charge >= 0.3 is 0 Å². The van der Waals surface area contributed by atoms with Crippen LogP contribution in [0.5, 0.6) is 5.75 Å². The van der Waals surface area contributed by atoms with Crippen LogP contribution in [0.3, 0.4) is 0 Å². The van der Waals surface area contributed by atoms with E-state index in [1.807, 2.05) is 0 Å². The summed E-state index contributed by atoms with van der Waals surface area (Å²) < 4.78 is 10.8. The molecule has 6 heteroatoms. The maximum Gasteiger partial charge on any atom is 0.171 e. The van der Waals surface area contributed by atoms with Crippen molar-refractivity contribution in [1.29, 1.82) is 0 Å². The maximum absolute atomic E-state index is 9.35. The van der Waals surface area contributed by atoms with E-state index in [1.165, 1.54) is 7.11 Å². The van der Waals surface area contributed by atoms with E-state index in [9.17, 15) is 5.11 Å². The monoisotopic (exact) mass is 295 g/mol. The van der Waals surface area contributed by atoms with Crippen LogP contribution < -0.4 is 4.74 Å². The molecule has 0 amide bonds. The van der Waals surface area contributed by atoms with Crippen molar-refractivity contribution in [2.75, 3.05) is 20.3 Å². The number of methoxy groups -OCH3 is 1. The number of aromatic nitrogens is 1. The first-order valence-corrected chi connectivity index (χ1v) is 5.41. The molecule has 84 valence electrons. The van der Waals surface area contributed by atoms with Crippen LogP contribution >= 0.6 is 27.5 Å². The summed E-state index contributed by atoms with van der Waals surface area (Å²) in [6.07, 6.45) is 0.894. The number of rotatable bonds is 5. The fourth-order valence-corrected chi connectivity index (χ4v) is 1.40. The predicted molar refractivity (Wildman–Crippen MR) is 60.3 cm³/mol. The first-order valence-electron chi connectivity index (χ1n) is 4.24. The van der Waals surface area contributed by atoms with Crippen LogP contribution in [0.4, 0.5) is 0 Å².